The standard InChI is InChI=1S/C21H23FN4O5S/c22-19-8-3-16(15-20(19)32(30,31)25-9-1-2-10-25)21(27)24-13-11-23(12-14-24)17-4-6-18(7-5-17)26(28)29/h3-8,15H,1-2,9-14H2. The zero-order valence-electron chi connectivity index (χ0n) is 17.3. The quantitative estimate of drug-likeness (QED) is 0.500. The number of halogens is 1. The van der Waals surface area contributed by atoms with Gasteiger partial charge in [-0.3, -0.25) is 14.9 Å². The molecule has 2 aromatic carbocycles. The summed E-state index contributed by atoms with van der Waals surface area (Å²) in [5.41, 5.74) is 0.968. The predicted molar refractivity (Wildman–Crippen MR) is 116 cm³/mol. The summed E-state index contributed by atoms with van der Waals surface area (Å²) in [4.78, 5) is 26.5. The molecule has 0 bridgehead atoms. The maximum atomic E-state index is 14.4. The number of non-ortho nitro benzene ring substituents is 1. The van der Waals surface area contributed by atoms with Crippen LogP contribution in [-0.2, 0) is 10.0 Å². The molecule has 0 unspecified atom stereocenters. The maximum Gasteiger partial charge on any atom is 0.269 e. The van der Waals surface area contributed by atoms with E-state index >= 15 is 0 Å². The van der Waals surface area contributed by atoms with Crippen molar-refractivity contribution in [3.05, 3.63) is 64.0 Å². The molecule has 4 rings (SSSR count). The number of sulfonamides is 1. The third-order valence-corrected chi connectivity index (χ3v) is 7.77. The highest BCUT2D eigenvalue weighted by atomic mass is 32.2. The van der Waals surface area contributed by atoms with Crippen molar-refractivity contribution in [1.29, 1.82) is 0 Å². The first kappa shape index (κ1) is 22.2. The fourth-order valence-electron chi connectivity index (χ4n) is 4.04. The average Bonchev–Trinajstić information content (AvgIpc) is 3.35. The first-order chi connectivity index (χ1) is 15.3. The monoisotopic (exact) mass is 462 g/mol. The zero-order chi connectivity index (χ0) is 22.9. The van der Waals surface area contributed by atoms with E-state index in [-0.39, 0.29) is 17.2 Å². The Hall–Kier alpha value is -3.05. The number of nitro groups is 1. The number of hydrogen-bond donors (Lipinski definition) is 0. The molecule has 0 radical (unpaired) electrons. The van der Waals surface area contributed by atoms with Gasteiger partial charge in [0.25, 0.3) is 11.6 Å². The number of carbonyl (C=O) groups is 1. The number of piperazine rings is 1. The Kier molecular flexibility index (Phi) is 6.11. The molecule has 9 nitrogen and oxygen atoms in total. The molecule has 32 heavy (non-hydrogen) atoms. The lowest BCUT2D eigenvalue weighted by molar-refractivity contribution is -0.384. The fraction of sp³-hybridized carbons (Fsp3) is 0.381. The first-order valence-corrected chi connectivity index (χ1v) is 11.8. The van der Waals surface area contributed by atoms with Crippen molar-refractivity contribution in [2.24, 2.45) is 0 Å². The van der Waals surface area contributed by atoms with E-state index < -0.39 is 25.7 Å². The van der Waals surface area contributed by atoms with Gasteiger partial charge in [0.05, 0.1) is 4.92 Å². The number of rotatable bonds is 5. The lowest BCUT2D eigenvalue weighted by Crippen LogP contribution is -2.48. The van der Waals surface area contributed by atoms with Gasteiger partial charge in [0.2, 0.25) is 10.0 Å². The Bertz CT molecular complexity index is 1130. The third kappa shape index (κ3) is 4.30. The Morgan fingerprint density at radius 2 is 1.56 bits per heavy atom. The van der Waals surface area contributed by atoms with Crippen molar-refractivity contribution in [2.75, 3.05) is 44.2 Å². The number of nitro benzene ring substituents is 1. The second-order valence-corrected chi connectivity index (χ2v) is 9.72. The lowest BCUT2D eigenvalue weighted by Gasteiger charge is -2.36. The number of nitrogens with zero attached hydrogens (tertiary/aromatic N) is 4. The number of carbonyl (C=O) groups excluding carboxylic acids is 1. The van der Waals surface area contributed by atoms with Crippen LogP contribution in [0, 0.1) is 15.9 Å². The predicted octanol–water partition coefficient (Wildman–Crippen LogP) is 2.48. The van der Waals surface area contributed by atoms with Gasteiger partial charge < -0.3 is 9.80 Å². The summed E-state index contributed by atoms with van der Waals surface area (Å²) in [5.74, 6) is -1.22. The van der Waals surface area contributed by atoms with Crippen molar-refractivity contribution < 1.29 is 22.5 Å². The van der Waals surface area contributed by atoms with Gasteiger partial charge >= 0.3 is 0 Å². The van der Waals surface area contributed by atoms with Gasteiger partial charge in [-0.25, -0.2) is 12.8 Å². The van der Waals surface area contributed by atoms with E-state index in [0.29, 0.717) is 39.3 Å². The molecule has 0 aromatic heterocycles. The summed E-state index contributed by atoms with van der Waals surface area (Å²) < 4.78 is 41.2. The maximum absolute atomic E-state index is 14.4. The molecule has 2 aliphatic rings. The topological polar surface area (TPSA) is 104 Å². The number of amides is 1. The summed E-state index contributed by atoms with van der Waals surface area (Å²) >= 11 is 0. The SMILES string of the molecule is O=C(c1ccc(F)c(S(=O)(=O)N2CCCC2)c1)N1CCN(c2ccc([N+](=O)[O-])cc2)CC1. The van der Waals surface area contributed by atoms with Gasteiger partial charge in [0, 0.05) is 62.7 Å². The lowest BCUT2D eigenvalue weighted by atomic mass is 10.1. The second kappa shape index (κ2) is 8.83. The van der Waals surface area contributed by atoms with E-state index in [1.54, 1.807) is 17.0 Å². The molecular formula is C21H23FN4O5S. The van der Waals surface area contributed by atoms with E-state index in [4.69, 9.17) is 0 Å². The van der Waals surface area contributed by atoms with Crippen molar-refractivity contribution in [3.63, 3.8) is 0 Å². The normalized spacial score (nSPS) is 17.5. The second-order valence-electron chi connectivity index (χ2n) is 7.81. The molecular weight excluding hydrogens is 439 g/mol. The Morgan fingerprint density at radius 3 is 2.16 bits per heavy atom. The van der Waals surface area contributed by atoms with Gasteiger partial charge in [0.15, 0.2) is 0 Å². The van der Waals surface area contributed by atoms with E-state index in [1.807, 2.05) is 4.90 Å². The highest BCUT2D eigenvalue weighted by molar-refractivity contribution is 7.89. The summed E-state index contributed by atoms with van der Waals surface area (Å²) in [5, 5.41) is 10.8. The van der Waals surface area contributed by atoms with Crippen LogP contribution in [0.25, 0.3) is 0 Å². The van der Waals surface area contributed by atoms with Crippen molar-refractivity contribution in [1.82, 2.24) is 9.21 Å². The van der Waals surface area contributed by atoms with E-state index in [1.165, 1.54) is 22.5 Å². The molecule has 1 amide bonds. The summed E-state index contributed by atoms with van der Waals surface area (Å²) in [6.07, 6.45) is 1.47. The minimum Gasteiger partial charge on any atom is -0.368 e. The molecule has 170 valence electrons. The smallest absolute Gasteiger partial charge is 0.269 e. The van der Waals surface area contributed by atoms with Crippen LogP contribution in [-0.4, -0.2) is 67.7 Å². The molecule has 2 aromatic rings. The molecule has 2 fully saturated rings. The van der Waals surface area contributed by atoms with Crippen LogP contribution < -0.4 is 4.90 Å². The minimum absolute atomic E-state index is 0.0126. The summed E-state index contributed by atoms with van der Waals surface area (Å²) in [7, 11) is -3.98. The number of benzene rings is 2. The summed E-state index contributed by atoms with van der Waals surface area (Å²) in [6, 6.07) is 9.69. The van der Waals surface area contributed by atoms with E-state index in [9.17, 15) is 27.7 Å². The highest BCUT2D eigenvalue weighted by Gasteiger charge is 2.31. The Balaban J connectivity index is 1.46. The van der Waals surface area contributed by atoms with Crippen LogP contribution in [0.5, 0.6) is 0 Å². The Labute approximate surface area is 185 Å². The van der Waals surface area contributed by atoms with Gasteiger partial charge in [-0.1, -0.05) is 0 Å². The van der Waals surface area contributed by atoms with Gasteiger partial charge in [0.1, 0.15) is 10.7 Å². The number of anilines is 1. The van der Waals surface area contributed by atoms with Crippen LogP contribution in [0.3, 0.4) is 0 Å². The van der Waals surface area contributed by atoms with Crippen molar-refractivity contribution in [2.45, 2.75) is 17.7 Å². The molecule has 0 N–H and O–H groups in total. The largest absolute Gasteiger partial charge is 0.368 e. The van der Waals surface area contributed by atoms with Crippen LogP contribution in [0.4, 0.5) is 15.8 Å². The minimum atomic E-state index is -3.98. The van der Waals surface area contributed by atoms with Gasteiger partial charge in [-0.2, -0.15) is 4.31 Å². The number of hydrogen-bond acceptors (Lipinski definition) is 6. The van der Waals surface area contributed by atoms with Crippen LogP contribution in [0.15, 0.2) is 47.4 Å². The molecule has 0 saturated carbocycles. The highest BCUT2D eigenvalue weighted by Crippen LogP contribution is 2.25. The molecule has 0 spiro atoms. The van der Waals surface area contributed by atoms with Crippen molar-refractivity contribution >= 4 is 27.3 Å². The Morgan fingerprint density at radius 1 is 0.938 bits per heavy atom. The van der Waals surface area contributed by atoms with Crippen molar-refractivity contribution in [3.8, 4) is 0 Å². The fourth-order valence-corrected chi connectivity index (χ4v) is 5.64. The zero-order valence-corrected chi connectivity index (χ0v) is 18.1. The molecule has 0 aliphatic carbocycles. The molecule has 2 saturated heterocycles. The average molecular weight is 463 g/mol. The van der Waals surface area contributed by atoms with Crippen LogP contribution >= 0.6 is 0 Å². The molecule has 11 heteroatoms. The first-order valence-electron chi connectivity index (χ1n) is 10.4. The molecule has 0 atom stereocenters. The molecule has 2 aliphatic heterocycles. The van der Waals surface area contributed by atoms with Crippen LogP contribution in [0.2, 0.25) is 0 Å². The van der Waals surface area contributed by atoms with Gasteiger partial charge in [-0.15, -0.1) is 0 Å². The van der Waals surface area contributed by atoms with E-state index in [2.05, 4.69) is 0 Å². The van der Waals surface area contributed by atoms with Crippen LogP contribution in [0.1, 0.15) is 23.2 Å². The van der Waals surface area contributed by atoms with E-state index in [0.717, 1.165) is 30.7 Å². The molecule has 2 heterocycles. The summed E-state index contributed by atoms with van der Waals surface area (Å²) in [6.45, 7) is 2.52. The van der Waals surface area contributed by atoms with Gasteiger partial charge in [-0.05, 0) is 43.2 Å². The third-order valence-electron chi connectivity index (χ3n) is 5.85.